The monoisotopic (exact) mass is 334 g/mol. The van der Waals surface area contributed by atoms with Crippen LogP contribution in [0.3, 0.4) is 0 Å². The van der Waals surface area contributed by atoms with Crippen molar-refractivity contribution in [3.63, 3.8) is 0 Å². The smallest absolute Gasteiger partial charge is 0.0960 e. The van der Waals surface area contributed by atoms with Crippen LogP contribution < -0.4 is 0 Å². The van der Waals surface area contributed by atoms with Gasteiger partial charge in [-0.05, 0) is 37.3 Å². The highest BCUT2D eigenvalue weighted by Gasteiger charge is 2.23. The van der Waals surface area contributed by atoms with E-state index in [1.807, 2.05) is 0 Å². The molecule has 0 saturated heterocycles. The van der Waals surface area contributed by atoms with Crippen molar-refractivity contribution in [2.45, 2.75) is 56.7 Å². The van der Waals surface area contributed by atoms with Gasteiger partial charge < -0.3 is 0 Å². The van der Waals surface area contributed by atoms with Crippen molar-refractivity contribution >= 4 is 38.9 Å². The number of rotatable bonds is 2. The highest BCUT2D eigenvalue weighted by molar-refractivity contribution is 9.09. The van der Waals surface area contributed by atoms with Gasteiger partial charge >= 0.3 is 0 Å². The molecule has 0 spiro atoms. The molecule has 2 rings (SSSR count). The molecule has 0 aliphatic heterocycles. The first-order valence-corrected chi connectivity index (χ1v) is 8.69. The number of halogens is 2. The zero-order chi connectivity index (χ0) is 12.3. The summed E-state index contributed by atoms with van der Waals surface area (Å²) < 4.78 is 0.954. The second-order valence-electron chi connectivity index (χ2n) is 5.11. The summed E-state index contributed by atoms with van der Waals surface area (Å²) in [5.41, 5.74) is 1.22. The minimum Gasteiger partial charge on any atom is -0.127 e. The van der Waals surface area contributed by atoms with Crippen molar-refractivity contribution in [1.82, 2.24) is 0 Å². The van der Waals surface area contributed by atoms with E-state index in [2.05, 4.69) is 28.9 Å². The lowest BCUT2D eigenvalue weighted by atomic mass is 9.88. The van der Waals surface area contributed by atoms with E-state index in [-0.39, 0.29) is 0 Å². The zero-order valence-corrected chi connectivity index (χ0v) is 13.5. The molecule has 1 aromatic heterocycles. The first kappa shape index (κ1) is 13.9. The van der Waals surface area contributed by atoms with Crippen molar-refractivity contribution in [1.29, 1.82) is 0 Å². The van der Waals surface area contributed by atoms with Crippen LogP contribution in [0.25, 0.3) is 0 Å². The van der Waals surface area contributed by atoms with E-state index in [0.717, 1.165) is 10.3 Å². The highest BCUT2D eigenvalue weighted by atomic mass is 79.9. The number of thiophene rings is 1. The van der Waals surface area contributed by atoms with Crippen molar-refractivity contribution in [3.05, 3.63) is 20.8 Å². The Morgan fingerprint density at radius 2 is 1.82 bits per heavy atom. The summed E-state index contributed by atoms with van der Waals surface area (Å²) in [5, 5.41) is 0. The molecule has 3 heteroatoms. The van der Waals surface area contributed by atoms with Crippen LogP contribution in [0.4, 0.5) is 0 Å². The standard InChI is InChI=1S/C14H20BrClS/c1-10-9-12(17-14(10)16)13(15)11-7-5-3-2-4-6-8-11/h9,11,13H,2-8H2,1H3. The Labute approximate surface area is 122 Å². The van der Waals surface area contributed by atoms with E-state index in [1.165, 1.54) is 55.4 Å². The molecule has 1 aromatic rings. The fraction of sp³-hybridized carbons (Fsp3) is 0.714. The molecule has 0 amide bonds. The minimum atomic E-state index is 0.511. The predicted octanol–water partition coefficient (Wildman–Crippen LogP) is 6.51. The van der Waals surface area contributed by atoms with Crippen LogP contribution in [-0.2, 0) is 0 Å². The molecule has 17 heavy (non-hydrogen) atoms. The van der Waals surface area contributed by atoms with E-state index < -0.39 is 0 Å². The normalized spacial score (nSPS) is 20.9. The highest BCUT2D eigenvalue weighted by Crippen LogP contribution is 2.43. The van der Waals surface area contributed by atoms with Gasteiger partial charge in [0.15, 0.2) is 0 Å². The minimum absolute atomic E-state index is 0.511. The topological polar surface area (TPSA) is 0 Å². The van der Waals surface area contributed by atoms with Gasteiger partial charge in [0, 0.05) is 4.88 Å². The molecule has 0 aromatic carbocycles. The maximum absolute atomic E-state index is 6.17. The van der Waals surface area contributed by atoms with Gasteiger partial charge in [0.05, 0.1) is 9.16 Å². The Bertz CT molecular complexity index is 334. The Morgan fingerprint density at radius 3 is 2.35 bits per heavy atom. The van der Waals surface area contributed by atoms with Gasteiger partial charge in [-0.3, -0.25) is 0 Å². The maximum atomic E-state index is 6.17. The number of hydrogen-bond acceptors (Lipinski definition) is 1. The molecule has 1 heterocycles. The van der Waals surface area contributed by atoms with Crippen LogP contribution in [0.15, 0.2) is 6.07 Å². The van der Waals surface area contributed by atoms with Gasteiger partial charge in [-0.1, -0.05) is 59.6 Å². The third-order valence-electron chi connectivity index (χ3n) is 3.71. The molecule has 1 aliphatic rings. The van der Waals surface area contributed by atoms with Crippen LogP contribution in [0.2, 0.25) is 4.34 Å². The van der Waals surface area contributed by atoms with Gasteiger partial charge in [-0.15, -0.1) is 11.3 Å². The Kier molecular flexibility index (Phi) is 5.38. The molecule has 0 nitrogen and oxygen atoms in total. The Hall–Kier alpha value is 0.470. The SMILES string of the molecule is Cc1cc(C(Br)C2CCCCCCC2)sc1Cl. The van der Waals surface area contributed by atoms with E-state index in [4.69, 9.17) is 11.6 Å². The molecule has 1 unspecified atom stereocenters. The average molecular weight is 336 g/mol. The van der Waals surface area contributed by atoms with Gasteiger partial charge in [-0.2, -0.15) is 0 Å². The lowest BCUT2D eigenvalue weighted by molar-refractivity contribution is 0.376. The van der Waals surface area contributed by atoms with E-state index in [9.17, 15) is 0 Å². The first-order valence-electron chi connectivity index (χ1n) is 6.58. The van der Waals surface area contributed by atoms with Crippen molar-refractivity contribution in [3.8, 4) is 0 Å². The van der Waals surface area contributed by atoms with Crippen LogP contribution in [-0.4, -0.2) is 0 Å². The van der Waals surface area contributed by atoms with Gasteiger partial charge in [-0.25, -0.2) is 0 Å². The molecule has 1 fully saturated rings. The summed E-state index contributed by atoms with van der Waals surface area (Å²) in [5.74, 6) is 0.796. The predicted molar refractivity (Wildman–Crippen MR) is 81.5 cm³/mol. The van der Waals surface area contributed by atoms with Crippen molar-refractivity contribution < 1.29 is 0 Å². The van der Waals surface area contributed by atoms with Crippen LogP contribution in [0.1, 0.15) is 60.2 Å². The lowest BCUT2D eigenvalue weighted by Crippen LogP contribution is -2.09. The Balaban J connectivity index is 2.04. The molecule has 1 aliphatic carbocycles. The third kappa shape index (κ3) is 3.71. The largest absolute Gasteiger partial charge is 0.127 e. The molecule has 96 valence electrons. The summed E-state index contributed by atoms with van der Waals surface area (Å²) >= 11 is 11.8. The Morgan fingerprint density at radius 1 is 1.24 bits per heavy atom. The fourth-order valence-corrected chi connectivity index (χ4v) is 4.86. The van der Waals surface area contributed by atoms with Crippen LogP contribution in [0.5, 0.6) is 0 Å². The molecule has 0 N–H and O–H groups in total. The molecular formula is C14H20BrClS. The summed E-state index contributed by atoms with van der Waals surface area (Å²) in [6.07, 6.45) is 9.79. The number of hydrogen-bond donors (Lipinski definition) is 0. The molecule has 0 bridgehead atoms. The lowest BCUT2D eigenvalue weighted by Gasteiger charge is -2.23. The van der Waals surface area contributed by atoms with Crippen molar-refractivity contribution in [2.24, 2.45) is 5.92 Å². The summed E-state index contributed by atoms with van der Waals surface area (Å²) in [6, 6.07) is 2.26. The molecular weight excluding hydrogens is 316 g/mol. The van der Waals surface area contributed by atoms with Crippen molar-refractivity contribution in [2.75, 3.05) is 0 Å². The molecule has 0 radical (unpaired) electrons. The summed E-state index contributed by atoms with van der Waals surface area (Å²) in [6.45, 7) is 2.10. The average Bonchev–Trinajstić information content (AvgIpc) is 2.58. The second-order valence-corrected chi connectivity index (χ2v) is 7.78. The third-order valence-corrected chi connectivity index (χ3v) is 6.89. The summed E-state index contributed by atoms with van der Waals surface area (Å²) in [7, 11) is 0. The van der Waals surface area contributed by atoms with Crippen LogP contribution in [0, 0.1) is 12.8 Å². The summed E-state index contributed by atoms with van der Waals surface area (Å²) in [4.78, 5) is 1.93. The maximum Gasteiger partial charge on any atom is 0.0960 e. The van der Waals surface area contributed by atoms with Gasteiger partial charge in [0.2, 0.25) is 0 Å². The van der Waals surface area contributed by atoms with Gasteiger partial charge in [0.1, 0.15) is 0 Å². The quantitative estimate of drug-likeness (QED) is 0.541. The van der Waals surface area contributed by atoms with E-state index in [1.54, 1.807) is 11.3 Å². The number of alkyl halides is 1. The fourth-order valence-electron chi connectivity index (χ4n) is 2.63. The molecule has 1 saturated carbocycles. The first-order chi connectivity index (χ1) is 8.18. The van der Waals surface area contributed by atoms with Gasteiger partial charge in [0.25, 0.3) is 0 Å². The van der Waals surface area contributed by atoms with E-state index in [0.29, 0.717) is 4.83 Å². The zero-order valence-electron chi connectivity index (χ0n) is 10.3. The second kappa shape index (κ2) is 6.58. The molecule has 1 atom stereocenters. The number of aryl methyl sites for hydroxylation is 1. The van der Waals surface area contributed by atoms with E-state index >= 15 is 0 Å². The van der Waals surface area contributed by atoms with Crippen LogP contribution >= 0.6 is 38.9 Å².